The Hall–Kier alpha value is -1.14. The van der Waals surface area contributed by atoms with E-state index in [0.717, 1.165) is 25.9 Å². The summed E-state index contributed by atoms with van der Waals surface area (Å²) in [6.45, 7) is 10.8. The Morgan fingerprint density at radius 3 is 2.22 bits per heavy atom. The van der Waals surface area contributed by atoms with Crippen molar-refractivity contribution in [2.75, 3.05) is 32.7 Å². The highest BCUT2D eigenvalue weighted by Gasteiger charge is 2.30. The summed E-state index contributed by atoms with van der Waals surface area (Å²) >= 11 is 0. The normalized spacial score (nSPS) is 22.3. The maximum absolute atomic E-state index is 12.2. The van der Waals surface area contributed by atoms with E-state index in [1.165, 1.54) is 25.9 Å². The first kappa shape index (κ1) is 18.2. The fourth-order valence-electron chi connectivity index (χ4n) is 3.47. The molecule has 0 aromatic carbocycles. The Labute approximate surface area is 140 Å². The molecule has 2 rings (SSSR count). The molecule has 0 radical (unpaired) electrons. The molecule has 2 aliphatic rings. The second-order valence-electron chi connectivity index (χ2n) is 7.28. The summed E-state index contributed by atoms with van der Waals surface area (Å²) in [4.78, 5) is 28.7. The van der Waals surface area contributed by atoms with Gasteiger partial charge in [0.1, 0.15) is 0 Å². The molecule has 0 spiro atoms. The summed E-state index contributed by atoms with van der Waals surface area (Å²) < 4.78 is 0. The summed E-state index contributed by atoms with van der Waals surface area (Å²) in [7, 11) is 0. The van der Waals surface area contributed by atoms with Gasteiger partial charge in [0.15, 0.2) is 0 Å². The second kappa shape index (κ2) is 8.64. The zero-order valence-corrected chi connectivity index (χ0v) is 14.8. The number of nitrogens with one attached hydrogen (secondary N) is 2. The van der Waals surface area contributed by atoms with Crippen molar-refractivity contribution < 1.29 is 9.59 Å². The van der Waals surface area contributed by atoms with Gasteiger partial charge in [0.25, 0.3) is 0 Å². The second-order valence-corrected chi connectivity index (χ2v) is 7.28. The van der Waals surface area contributed by atoms with Crippen molar-refractivity contribution in [1.29, 1.82) is 0 Å². The standard InChI is InChI=1S/C17H32N4O2/c1-13(2)12-18-17(23)19-16(22)14(3)20-10-6-15(7-11-20)21-8-4-5-9-21/h13-15H,4-12H2,1-3H3,(H2,18,19,22,23). The molecule has 2 fully saturated rings. The van der Waals surface area contributed by atoms with Crippen molar-refractivity contribution in [3.05, 3.63) is 0 Å². The Morgan fingerprint density at radius 1 is 1.04 bits per heavy atom. The van der Waals surface area contributed by atoms with Crippen LogP contribution in [-0.4, -0.2) is 66.5 Å². The molecule has 1 unspecified atom stereocenters. The van der Waals surface area contributed by atoms with Gasteiger partial charge in [0, 0.05) is 25.7 Å². The lowest BCUT2D eigenvalue weighted by Gasteiger charge is -2.38. The summed E-state index contributed by atoms with van der Waals surface area (Å²) in [5.41, 5.74) is 0. The number of piperidine rings is 1. The lowest BCUT2D eigenvalue weighted by atomic mass is 10.0. The average Bonchev–Trinajstić information content (AvgIpc) is 3.06. The van der Waals surface area contributed by atoms with Gasteiger partial charge < -0.3 is 10.2 Å². The number of rotatable bonds is 5. The number of carbonyl (C=O) groups is 2. The molecule has 0 aromatic heterocycles. The van der Waals surface area contributed by atoms with Gasteiger partial charge in [-0.15, -0.1) is 0 Å². The zero-order chi connectivity index (χ0) is 16.8. The number of nitrogens with zero attached hydrogens (tertiary/aromatic N) is 2. The Kier molecular flexibility index (Phi) is 6.84. The van der Waals surface area contributed by atoms with Crippen LogP contribution < -0.4 is 10.6 Å². The van der Waals surface area contributed by atoms with E-state index in [1.54, 1.807) is 0 Å². The van der Waals surface area contributed by atoms with E-state index in [2.05, 4.69) is 20.4 Å². The maximum atomic E-state index is 12.2. The van der Waals surface area contributed by atoms with E-state index in [9.17, 15) is 9.59 Å². The van der Waals surface area contributed by atoms with Crippen LogP contribution in [0.5, 0.6) is 0 Å². The first-order valence-electron chi connectivity index (χ1n) is 9.04. The number of likely N-dealkylation sites (tertiary alicyclic amines) is 2. The van der Waals surface area contributed by atoms with Crippen molar-refractivity contribution in [2.45, 2.75) is 58.5 Å². The Morgan fingerprint density at radius 2 is 1.65 bits per heavy atom. The minimum atomic E-state index is -0.387. The molecule has 6 nitrogen and oxygen atoms in total. The van der Waals surface area contributed by atoms with E-state index >= 15 is 0 Å². The van der Waals surface area contributed by atoms with Gasteiger partial charge in [0.05, 0.1) is 6.04 Å². The highest BCUT2D eigenvalue weighted by Crippen LogP contribution is 2.22. The first-order valence-corrected chi connectivity index (χ1v) is 9.04. The lowest BCUT2D eigenvalue weighted by Crippen LogP contribution is -2.53. The molecule has 0 aliphatic carbocycles. The molecule has 2 saturated heterocycles. The van der Waals surface area contributed by atoms with Crippen LogP contribution in [0.15, 0.2) is 0 Å². The van der Waals surface area contributed by atoms with E-state index in [-0.39, 0.29) is 18.0 Å². The highest BCUT2D eigenvalue weighted by atomic mass is 16.2. The van der Waals surface area contributed by atoms with Crippen LogP contribution in [0.2, 0.25) is 0 Å². The average molecular weight is 324 g/mol. The fraction of sp³-hybridized carbons (Fsp3) is 0.882. The Bertz CT molecular complexity index is 399. The van der Waals surface area contributed by atoms with Crippen molar-refractivity contribution in [3.8, 4) is 0 Å². The van der Waals surface area contributed by atoms with Crippen LogP contribution in [0.1, 0.15) is 46.5 Å². The minimum Gasteiger partial charge on any atom is -0.338 e. The molecule has 3 amide bonds. The van der Waals surface area contributed by atoms with Crippen LogP contribution in [-0.2, 0) is 4.79 Å². The van der Waals surface area contributed by atoms with E-state index in [4.69, 9.17) is 0 Å². The molecule has 2 heterocycles. The first-order chi connectivity index (χ1) is 11.0. The largest absolute Gasteiger partial charge is 0.338 e. The summed E-state index contributed by atoms with van der Waals surface area (Å²) in [6, 6.07) is 0.0418. The molecule has 0 aromatic rings. The molecule has 2 aliphatic heterocycles. The minimum absolute atomic E-state index is 0.203. The quantitative estimate of drug-likeness (QED) is 0.803. The molecule has 0 saturated carbocycles. The number of amides is 3. The topological polar surface area (TPSA) is 64.7 Å². The van der Waals surface area contributed by atoms with Crippen molar-refractivity contribution in [1.82, 2.24) is 20.4 Å². The molecule has 6 heteroatoms. The van der Waals surface area contributed by atoms with Gasteiger partial charge in [-0.2, -0.15) is 0 Å². The smallest absolute Gasteiger partial charge is 0.321 e. The molecule has 0 bridgehead atoms. The van der Waals surface area contributed by atoms with Crippen LogP contribution in [0, 0.1) is 5.92 Å². The monoisotopic (exact) mass is 324 g/mol. The lowest BCUT2D eigenvalue weighted by molar-refractivity contribution is -0.125. The molecule has 132 valence electrons. The molecular weight excluding hydrogens is 292 g/mol. The molecule has 2 N–H and O–H groups in total. The fourth-order valence-corrected chi connectivity index (χ4v) is 3.47. The van der Waals surface area contributed by atoms with E-state index in [0.29, 0.717) is 18.5 Å². The van der Waals surface area contributed by atoms with Crippen LogP contribution in [0.3, 0.4) is 0 Å². The highest BCUT2D eigenvalue weighted by molar-refractivity contribution is 5.96. The van der Waals surface area contributed by atoms with Crippen molar-refractivity contribution >= 4 is 11.9 Å². The van der Waals surface area contributed by atoms with E-state index in [1.807, 2.05) is 20.8 Å². The molecule has 23 heavy (non-hydrogen) atoms. The van der Waals surface area contributed by atoms with E-state index < -0.39 is 0 Å². The van der Waals surface area contributed by atoms with Gasteiger partial charge in [-0.1, -0.05) is 13.8 Å². The number of carbonyl (C=O) groups excluding carboxylic acids is 2. The molecule has 1 atom stereocenters. The summed E-state index contributed by atoms with van der Waals surface area (Å²) in [6.07, 6.45) is 4.89. The van der Waals surface area contributed by atoms with Gasteiger partial charge >= 0.3 is 6.03 Å². The zero-order valence-electron chi connectivity index (χ0n) is 14.8. The third-order valence-electron chi connectivity index (χ3n) is 4.99. The van der Waals surface area contributed by atoms with Crippen LogP contribution in [0.25, 0.3) is 0 Å². The van der Waals surface area contributed by atoms with Gasteiger partial charge in [-0.05, 0) is 51.6 Å². The Balaban J connectivity index is 1.71. The predicted molar refractivity (Wildman–Crippen MR) is 91.2 cm³/mol. The molecular formula is C17H32N4O2. The van der Waals surface area contributed by atoms with Gasteiger partial charge in [-0.3, -0.25) is 15.0 Å². The summed E-state index contributed by atoms with van der Waals surface area (Å²) in [5, 5.41) is 5.18. The third-order valence-corrected chi connectivity index (χ3v) is 4.99. The summed E-state index contributed by atoms with van der Waals surface area (Å²) in [5.74, 6) is 0.170. The third kappa shape index (κ3) is 5.46. The SMILES string of the molecule is CC(C)CNC(=O)NC(=O)C(C)N1CCC(N2CCCC2)CC1. The number of hydrogen-bond donors (Lipinski definition) is 2. The van der Waals surface area contributed by atoms with Crippen LogP contribution >= 0.6 is 0 Å². The maximum Gasteiger partial charge on any atom is 0.321 e. The van der Waals surface area contributed by atoms with Crippen molar-refractivity contribution in [2.24, 2.45) is 5.92 Å². The van der Waals surface area contributed by atoms with Gasteiger partial charge in [-0.25, -0.2) is 4.79 Å². The van der Waals surface area contributed by atoms with Crippen LogP contribution in [0.4, 0.5) is 4.79 Å². The number of imide groups is 1. The predicted octanol–water partition coefficient (Wildman–Crippen LogP) is 1.42. The van der Waals surface area contributed by atoms with Crippen molar-refractivity contribution in [3.63, 3.8) is 0 Å². The number of hydrogen-bond acceptors (Lipinski definition) is 4. The van der Waals surface area contributed by atoms with Gasteiger partial charge in [0.2, 0.25) is 5.91 Å². The number of urea groups is 1.